The Balaban J connectivity index is 1.80. The second kappa shape index (κ2) is 16.0. The first-order valence-electron chi connectivity index (χ1n) is 17.5. The molecule has 1 aliphatic carbocycles. The molecule has 0 radical (unpaired) electrons. The Morgan fingerprint density at radius 1 is 0.784 bits per heavy atom. The summed E-state index contributed by atoms with van der Waals surface area (Å²) in [6, 6.07) is 17.9. The summed E-state index contributed by atoms with van der Waals surface area (Å²) in [5.41, 5.74) is 2.28. The monoisotopic (exact) mass is 699 g/mol. The number of benzene rings is 3. The molecule has 10 nitrogen and oxygen atoms in total. The van der Waals surface area contributed by atoms with E-state index in [2.05, 4.69) is 10.6 Å². The predicted octanol–water partition coefficient (Wildman–Crippen LogP) is 6.49. The molecule has 0 heterocycles. The summed E-state index contributed by atoms with van der Waals surface area (Å²) >= 11 is 0. The number of nitrogens with zero attached hydrogens (tertiary/aromatic N) is 1. The van der Waals surface area contributed by atoms with E-state index >= 15 is 0 Å². The van der Waals surface area contributed by atoms with Gasteiger partial charge in [-0.05, 0) is 96.6 Å². The van der Waals surface area contributed by atoms with Gasteiger partial charge in [-0.1, -0.05) is 78.7 Å². The Morgan fingerprint density at radius 2 is 1.31 bits per heavy atom. The molecule has 5 atom stereocenters. The van der Waals surface area contributed by atoms with Crippen LogP contribution >= 0.6 is 0 Å². The average Bonchev–Trinajstić information content (AvgIpc) is 3.73. The molecule has 3 amide bonds. The molecule has 0 aromatic heterocycles. The van der Waals surface area contributed by atoms with Gasteiger partial charge in [-0.25, -0.2) is 9.59 Å². The van der Waals surface area contributed by atoms with E-state index in [1.165, 1.54) is 12.1 Å². The topological polar surface area (TPSA) is 134 Å². The van der Waals surface area contributed by atoms with Crippen LogP contribution in [0.15, 0.2) is 72.8 Å². The smallest absolute Gasteiger partial charge is 0.408 e. The summed E-state index contributed by atoms with van der Waals surface area (Å²) < 4.78 is 11.3. The van der Waals surface area contributed by atoms with E-state index in [1.54, 1.807) is 58.6 Å². The predicted molar refractivity (Wildman–Crippen MR) is 196 cm³/mol. The molecule has 0 aliphatic heterocycles. The number of aryl methyl sites for hydroxylation is 2. The van der Waals surface area contributed by atoms with Gasteiger partial charge in [0.15, 0.2) is 0 Å². The van der Waals surface area contributed by atoms with Crippen molar-refractivity contribution in [3.05, 3.63) is 101 Å². The summed E-state index contributed by atoms with van der Waals surface area (Å²) in [6.07, 6.45) is 0.131. The fourth-order valence-corrected chi connectivity index (χ4v) is 6.14. The highest BCUT2D eigenvalue weighted by molar-refractivity contribution is 5.94. The molecule has 3 aromatic rings. The van der Waals surface area contributed by atoms with Crippen LogP contribution in [-0.4, -0.2) is 63.2 Å². The van der Waals surface area contributed by atoms with E-state index in [-0.39, 0.29) is 30.6 Å². The van der Waals surface area contributed by atoms with Crippen molar-refractivity contribution in [3.8, 4) is 5.75 Å². The van der Waals surface area contributed by atoms with Gasteiger partial charge in [0.1, 0.15) is 35.1 Å². The zero-order valence-corrected chi connectivity index (χ0v) is 31.3. The lowest BCUT2D eigenvalue weighted by Crippen LogP contribution is -2.56. The zero-order chi connectivity index (χ0) is 37.7. The van der Waals surface area contributed by atoms with Gasteiger partial charge in [0.2, 0.25) is 11.8 Å². The normalized spacial score (nSPS) is 17.4. The minimum absolute atomic E-state index is 0.0664. The molecule has 4 rings (SSSR count). The molecule has 3 N–H and O–H groups in total. The molecule has 1 saturated carbocycles. The van der Waals surface area contributed by atoms with Gasteiger partial charge in [-0.3, -0.25) is 9.59 Å². The lowest BCUT2D eigenvalue weighted by atomic mass is 9.96. The van der Waals surface area contributed by atoms with Gasteiger partial charge < -0.3 is 30.1 Å². The Morgan fingerprint density at radius 3 is 1.84 bits per heavy atom. The minimum atomic E-state index is -1.14. The zero-order valence-electron chi connectivity index (χ0n) is 31.3. The summed E-state index contributed by atoms with van der Waals surface area (Å²) in [6.45, 7) is 16.4. The van der Waals surface area contributed by atoms with Gasteiger partial charge in [0, 0.05) is 18.9 Å². The number of alkyl carbamates (subject to hydrolysis) is 1. The average molecular weight is 700 g/mol. The number of carbonyl (C=O) groups is 4. The van der Waals surface area contributed by atoms with Gasteiger partial charge in [0.05, 0.1) is 0 Å². The number of nitrogens with one attached hydrogen (secondary N) is 2. The number of rotatable bonds is 12. The second-order valence-corrected chi connectivity index (χ2v) is 15.7. The van der Waals surface area contributed by atoms with Crippen LogP contribution in [0, 0.1) is 19.8 Å². The minimum Gasteiger partial charge on any atom is -0.508 e. The Kier molecular flexibility index (Phi) is 12.2. The summed E-state index contributed by atoms with van der Waals surface area (Å²) in [5.74, 6) is -1.46. The first-order chi connectivity index (χ1) is 23.8. The van der Waals surface area contributed by atoms with E-state index in [4.69, 9.17) is 9.47 Å². The van der Waals surface area contributed by atoms with Crippen molar-refractivity contribution in [1.29, 1.82) is 0 Å². The molecular formula is C41H53N3O7. The summed E-state index contributed by atoms with van der Waals surface area (Å²) in [5, 5.41) is 15.7. The lowest BCUT2D eigenvalue weighted by Gasteiger charge is -2.36. The number of phenols is 1. The quantitative estimate of drug-likeness (QED) is 0.184. The number of carbonyl (C=O) groups excluding carboxylic acids is 4. The molecule has 274 valence electrons. The van der Waals surface area contributed by atoms with Crippen molar-refractivity contribution in [1.82, 2.24) is 15.5 Å². The number of amides is 3. The van der Waals surface area contributed by atoms with Crippen LogP contribution in [-0.2, 0) is 36.7 Å². The fraction of sp³-hybridized carbons (Fsp3) is 0.463. The molecule has 10 heteroatoms. The van der Waals surface area contributed by atoms with Crippen molar-refractivity contribution in [3.63, 3.8) is 0 Å². The van der Waals surface area contributed by atoms with Crippen LogP contribution < -0.4 is 10.6 Å². The molecule has 1 aliphatic rings. The van der Waals surface area contributed by atoms with E-state index in [0.29, 0.717) is 17.5 Å². The maximum atomic E-state index is 15.0. The first-order valence-corrected chi connectivity index (χ1v) is 17.5. The van der Waals surface area contributed by atoms with Gasteiger partial charge >= 0.3 is 12.1 Å². The summed E-state index contributed by atoms with van der Waals surface area (Å²) in [7, 11) is 0. The number of hydrogen-bond donors (Lipinski definition) is 3. The fourth-order valence-electron chi connectivity index (χ4n) is 6.14. The first kappa shape index (κ1) is 38.9. The molecule has 5 unspecified atom stereocenters. The van der Waals surface area contributed by atoms with Crippen molar-refractivity contribution in [2.24, 2.45) is 5.92 Å². The second-order valence-electron chi connectivity index (χ2n) is 15.7. The SMILES string of the molecule is Cc1cc(C)cc(C(C(=O)NC(Cc2ccccc2)C(=O)OC(C)(C)C)N(C(=O)C(Cc2ccc(O)cc2)NC(=O)OC(C)(C)C)C2CC2C)c1. The highest BCUT2D eigenvalue weighted by Gasteiger charge is 2.49. The molecule has 0 bridgehead atoms. The number of aromatic hydroxyl groups is 1. The highest BCUT2D eigenvalue weighted by Crippen LogP contribution is 2.41. The largest absolute Gasteiger partial charge is 0.508 e. The molecule has 51 heavy (non-hydrogen) atoms. The number of esters is 1. The van der Waals surface area contributed by atoms with Crippen molar-refractivity contribution < 1.29 is 33.8 Å². The number of hydrogen-bond acceptors (Lipinski definition) is 7. The molecule has 0 spiro atoms. The molecule has 3 aromatic carbocycles. The number of phenolic OH excluding ortho intramolecular Hbond substituents is 1. The van der Waals surface area contributed by atoms with E-state index in [1.807, 2.05) is 69.3 Å². The van der Waals surface area contributed by atoms with Gasteiger partial charge in [-0.15, -0.1) is 0 Å². The Bertz CT molecular complexity index is 1670. The van der Waals surface area contributed by atoms with E-state index in [0.717, 1.165) is 16.7 Å². The Hall–Kier alpha value is -4.86. The van der Waals surface area contributed by atoms with Crippen molar-refractivity contribution >= 4 is 23.9 Å². The third kappa shape index (κ3) is 11.6. The van der Waals surface area contributed by atoms with Crippen molar-refractivity contribution in [2.75, 3.05) is 0 Å². The standard InChI is InChI=1S/C41H53N3O7/c1-25-19-26(2)21-30(20-25)35(36(46)42-33(38(48)50-40(4,5)6)24-28-13-11-10-12-14-28)44(34-22-27(34)3)37(47)32(43-39(49)51-41(7,8)9)23-29-15-17-31(45)18-16-29/h10-21,27,32-35,45H,22-24H2,1-9H3,(H,42,46)(H,43,49). The van der Waals surface area contributed by atoms with Gasteiger partial charge in [0.25, 0.3) is 0 Å². The molecule has 0 saturated heterocycles. The lowest BCUT2D eigenvalue weighted by molar-refractivity contribution is -0.159. The maximum Gasteiger partial charge on any atom is 0.408 e. The van der Waals surface area contributed by atoms with E-state index < -0.39 is 53.2 Å². The third-order valence-electron chi connectivity index (χ3n) is 8.42. The van der Waals surface area contributed by atoms with Crippen LogP contribution in [0.25, 0.3) is 0 Å². The maximum absolute atomic E-state index is 15.0. The van der Waals surface area contributed by atoms with Crippen LogP contribution in [0.5, 0.6) is 5.75 Å². The van der Waals surface area contributed by atoms with Gasteiger partial charge in [-0.2, -0.15) is 0 Å². The third-order valence-corrected chi connectivity index (χ3v) is 8.42. The van der Waals surface area contributed by atoms with Crippen LogP contribution in [0.4, 0.5) is 4.79 Å². The van der Waals surface area contributed by atoms with Crippen molar-refractivity contribution in [2.45, 2.75) is 117 Å². The molecular weight excluding hydrogens is 646 g/mol. The van der Waals surface area contributed by atoms with E-state index in [9.17, 15) is 24.3 Å². The van der Waals surface area contributed by atoms with Crippen LogP contribution in [0.2, 0.25) is 0 Å². The van der Waals surface area contributed by atoms with Crippen LogP contribution in [0.1, 0.15) is 88.7 Å². The van der Waals surface area contributed by atoms with Crippen LogP contribution in [0.3, 0.4) is 0 Å². The molecule has 1 fully saturated rings. The number of ether oxygens (including phenoxy) is 2. The Labute approximate surface area is 301 Å². The highest BCUT2D eigenvalue weighted by atomic mass is 16.6. The summed E-state index contributed by atoms with van der Waals surface area (Å²) in [4.78, 5) is 58.2.